The van der Waals surface area contributed by atoms with Gasteiger partial charge in [-0.25, -0.2) is 9.37 Å². The second kappa shape index (κ2) is 9.66. The standard InChI is InChI=1S/C26H19FN2O3/c27-21-11-5-19(6-12-21)7-13-22(30)14-8-20-9-15-23(16-10-20)32-18-29-17-28-25-4-2-1-3-24(25)26(29)31/h1-17H,18H2/b13-7+,14-8+. The molecule has 1 aromatic heterocycles. The van der Waals surface area contributed by atoms with E-state index in [1.54, 1.807) is 54.6 Å². The smallest absolute Gasteiger partial charge is 0.263 e. The summed E-state index contributed by atoms with van der Waals surface area (Å²) in [6, 6.07) is 20.2. The van der Waals surface area contributed by atoms with Crippen LogP contribution < -0.4 is 10.3 Å². The predicted molar refractivity (Wildman–Crippen MR) is 123 cm³/mol. The number of benzene rings is 3. The molecule has 0 aliphatic rings. The van der Waals surface area contributed by atoms with E-state index in [0.717, 1.165) is 11.1 Å². The maximum atomic E-state index is 12.9. The largest absolute Gasteiger partial charge is 0.473 e. The molecule has 5 nitrogen and oxygen atoms in total. The van der Waals surface area contributed by atoms with Gasteiger partial charge >= 0.3 is 0 Å². The van der Waals surface area contributed by atoms with Gasteiger partial charge in [-0.15, -0.1) is 0 Å². The van der Waals surface area contributed by atoms with Crippen molar-refractivity contribution in [2.45, 2.75) is 6.73 Å². The van der Waals surface area contributed by atoms with Crippen LogP contribution in [0.5, 0.6) is 5.75 Å². The Labute approximate surface area is 183 Å². The van der Waals surface area contributed by atoms with E-state index in [4.69, 9.17) is 4.74 Å². The molecule has 4 aromatic rings. The van der Waals surface area contributed by atoms with E-state index in [1.165, 1.54) is 35.2 Å². The Kier molecular flexibility index (Phi) is 6.32. The average molecular weight is 426 g/mol. The van der Waals surface area contributed by atoms with Crippen molar-refractivity contribution in [2.75, 3.05) is 0 Å². The molecule has 0 fully saturated rings. The van der Waals surface area contributed by atoms with Gasteiger partial charge in [0.1, 0.15) is 17.9 Å². The van der Waals surface area contributed by atoms with Gasteiger partial charge in [-0.3, -0.25) is 14.2 Å². The van der Waals surface area contributed by atoms with Crippen LogP contribution in [0.4, 0.5) is 4.39 Å². The van der Waals surface area contributed by atoms with Gasteiger partial charge in [0.05, 0.1) is 10.9 Å². The van der Waals surface area contributed by atoms with Gasteiger partial charge in [-0.1, -0.05) is 48.6 Å². The highest BCUT2D eigenvalue weighted by Gasteiger charge is 2.04. The molecule has 32 heavy (non-hydrogen) atoms. The van der Waals surface area contributed by atoms with E-state index in [0.29, 0.717) is 16.7 Å². The first-order chi connectivity index (χ1) is 15.6. The zero-order valence-corrected chi connectivity index (χ0v) is 17.0. The Morgan fingerprint density at radius 2 is 1.53 bits per heavy atom. The Morgan fingerprint density at radius 3 is 2.22 bits per heavy atom. The molecule has 0 aliphatic heterocycles. The Morgan fingerprint density at radius 1 is 0.906 bits per heavy atom. The number of carbonyl (C=O) groups excluding carboxylic acids is 1. The lowest BCUT2D eigenvalue weighted by atomic mass is 10.1. The van der Waals surface area contributed by atoms with Gasteiger partial charge in [-0.2, -0.15) is 0 Å². The predicted octanol–water partition coefficient (Wildman–Crippen LogP) is 4.87. The molecule has 0 aliphatic carbocycles. The molecule has 158 valence electrons. The number of hydrogen-bond acceptors (Lipinski definition) is 4. The van der Waals surface area contributed by atoms with Gasteiger partial charge in [0.2, 0.25) is 0 Å². The van der Waals surface area contributed by atoms with Crippen LogP contribution in [0.2, 0.25) is 0 Å². The second-order valence-corrected chi connectivity index (χ2v) is 7.00. The van der Waals surface area contributed by atoms with Crippen molar-refractivity contribution in [3.8, 4) is 5.75 Å². The highest BCUT2D eigenvalue weighted by molar-refractivity contribution is 6.04. The lowest BCUT2D eigenvalue weighted by molar-refractivity contribution is -0.110. The van der Waals surface area contributed by atoms with Crippen molar-refractivity contribution in [3.63, 3.8) is 0 Å². The van der Waals surface area contributed by atoms with E-state index in [2.05, 4.69) is 4.98 Å². The summed E-state index contributed by atoms with van der Waals surface area (Å²) in [5.74, 6) is 0.0874. The van der Waals surface area contributed by atoms with Crippen molar-refractivity contribution in [2.24, 2.45) is 0 Å². The quantitative estimate of drug-likeness (QED) is 0.396. The first-order valence-electron chi connectivity index (χ1n) is 9.91. The minimum atomic E-state index is -0.318. The van der Waals surface area contributed by atoms with Gasteiger partial charge in [-0.05, 0) is 59.7 Å². The molecule has 6 heteroatoms. The number of para-hydroxylation sites is 1. The molecular weight excluding hydrogens is 407 g/mol. The van der Waals surface area contributed by atoms with Crippen molar-refractivity contribution in [1.29, 1.82) is 0 Å². The van der Waals surface area contributed by atoms with Gasteiger partial charge in [0.25, 0.3) is 5.56 Å². The van der Waals surface area contributed by atoms with Gasteiger partial charge in [0.15, 0.2) is 12.5 Å². The third-order valence-corrected chi connectivity index (χ3v) is 4.73. The summed E-state index contributed by atoms with van der Waals surface area (Å²) in [5, 5.41) is 0.539. The minimum Gasteiger partial charge on any atom is -0.473 e. The normalized spacial score (nSPS) is 11.4. The number of ether oxygens (including phenoxy) is 1. The average Bonchev–Trinajstić information content (AvgIpc) is 2.83. The molecule has 0 unspecified atom stereocenters. The molecule has 0 saturated heterocycles. The number of ketones is 1. The SMILES string of the molecule is O=C(/C=C/c1ccc(F)cc1)/C=C/c1ccc(OCn2cnc3ccccc3c2=O)cc1. The van der Waals surface area contributed by atoms with E-state index in [1.807, 2.05) is 18.2 Å². The van der Waals surface area contributed by atoms with Crippen LogP contribution in [0.25, 0.3) is 23.1 Å². The van der Waals surface area contributed by atoms with Gasteiger partial charge < -0.3 is 4.74 Å². The Balaban J connectivity index is 1.35. The minimum absolute atomic E-state index is 0.0402. The van der Waals surface area contributed by atoms with Crippen LogP contribution in [0.1, 0.15) is 11.1 Å². The number of hydrogen-bond donors (Lipinski definition) is 0. The lowest BCUT2D eigenvalue weighted by Crippen LogP contribution is -2.23. The summed E-state index contributed by atoms with van der Waals surface area (Å²) in [5.41, 5.74) is 2.05. The van der Waals surface area contributed by atoms with E-state index >= 15 is 0 Å². The van der Waals surface area contributed by atoms with Crippen molar-refractivity contribution >= 4 is 28.8 Å². The van der Waals surface area contributed by atoms with Crippen molar-refractivity contribution in [1.82, 2.24) is 9.55 Å². The molecule has 0 radical (unpaired) electrons. The van der Waals surface area contributed by atoms with Crippen LogP contribution >= 0.6 is 0 Å². The molecule has 4 rings (SSSR count). The van der Waals surface area contributed by atoms with Crippen LogP contribution in [-0.2, 0) is 11.5 Å². The zero-order valence-electron chi connectivity index (χ0n) is 17.0. The van der Waals surface area contributed by atoms with E-state index < -0.39 is 0 Å². The van der Waals surface area contributed by atoms with Crippen molar-refractivity contribution < 1.29 is 13.9 Å². The Bertz CT molecular complexity index is 1350. The molecule has 0 bridgehead atoms. The second-order valence-electron chi connectivity index (χ2n) is 7.00. The summed E-state index contributed by atoms with van der Waals surface area (Å²) in [7, 11) is 0. The first-order valence-corrected chi connectivity index (χ1v) is 9.91. The fourth-order valence-electron chi connectivity index (χ4n) is 3.00. The summed E-state index contributed by atoms with van der Waals surface area (Å²) in [6.45, 7) is 0.0402. The summed E-state index contributed by atoms with van der Waals surface area (Å²) in [6.07, 6.45) is 7.67. The topological polar surface area (TPSA) is 61.2 Å². The number of nitrogens with zero attached hydrogens (tertiary/aromatic N) is 2. The van der Waals surface area contributed by atoms with Crippen LogP contribution in [0, 0.1) is 5.82 Å². The van der Waals surface area contributed by atoms with Crippen LogP contribution in [0.3, 0.4) is 0 Å². The molecule has 0 atom stereocenters. The molecule has 0 N–H and O–H groups in total. The van der Waals surface area contributed by atoms with E-state index in [9.17, 15) is 14.0 Å². The number of fused-ring (bicyclic) bond motifs is 1. The summed E-state index contributed by atoms with van der Waals surface area (Å²) in [4.78, 5) is 28.8. The highest BCUT2D eigenvalue weighted by Crippen LogP contribution is 2.14. The fourth-order valence-corrected chi connectivity index (χ4v) is 3.00. The molecular formula is C26H19FN2O3. The molecule has 3 aromatic carbocycles. The van der Waals surface area contributed by atoms with Gasteiger partial charge in [0, 0.05) is 0 Å². The number of aromatic nitrogens is 2. The van der Waals surface area contributed by atoms with Crippen molar-refractivity contribution in [3.05, 3.63) is 119 Å². The number of allylic oxidation sites excluding steroid dienone is 2. The maximum Gasteiger partial charge on any atom is 0.263 e. The maximum absolute atomic E-state index is 12.9. The first kappa shape index (κ1) is 20.9. The van der Waals surface area contributed by atoms with Crippen LogP contribution in [0.15, 0.2) is 96.1 Å². The third kappa shape index (κ3) is 5.23. The molecule has 1 heterocycles. The number of carbonyl (C=O) groups is 1. The molecule has 0 saturated carbocycles. The molecule has 0 spiro atoms. The van der Waals surface area contributed by atoms with Crippen LogP contribution in [-0.4, -0.2) is 15.3 Å². The monoisotopic (exact) mass is 426 g/mol. The van der Waals surface area contributed by atoms with E-state index in [-0.39, 0.29) is 23.9 Å². The zero-order chi connectivity index (χ0) is 22.3. The molecule has 0 amide bonds. The third-order valence-electron chi connectivity index (χ3n) is 4.73. The lowest BCUT2D eigenvalue weighted by Gasteiger charge is -2.09. The number of rotatable bonds is 7. The number of halogens is 1. The Hall–Kier alpha value is -4.32. The summed E-state index contributed by atoms with van der Waals surface area (Å²) < 4.78 is 20.0. The summed E-state index contributed by atoms with van der Waals surface area (Å²) >= 11 is 0. The highest BCUT2D eigenvalue weighted by atomic mass is 19.1. The fraction of sp³-hybridized carbons (Fsp3) is 0.0385.